The average Bonchev–Trinajstić information content (AvgIpc) is 2.95. The van der Waals surface area contributed by atoms with Gasteiger partial charge in [0, 0.05) is 4.47 Å². The van der Waals surface area contributed by atoms with Crippen molar-refractivity contribution in [3.05, 3.63) is 70.2 Å². The number of fused-ring (bicyclic) bond motifs is 1. The van der Waals surface area contributed by atoms with Crippen molar-refractivity contribution in [2.75, 3.05) is 11.1 Å². The Morgan fingerprint density at radius 2 is 1.87 bits per heavy atom. The van der Waals surface area contributed by atoms with Crippen molar-refractivity contribution < 1.29 is 0 Å². The van der Waals surface area contributed by atoms with Gasteiger partial charge in [-0.05, 0) is 29.7 Å². The quantitative estimate of drug-likeness (QED) is 0.721. The molecule has 6 heteroatoms. The molecule has 3 N–H and O–H groups in total. The Labute approximate surface area is 142 Å². The Bertz CT molecular complexity index is 830. The lowest BCUT2D eigenvalue weighted by Gasteiger charge is -2.31. The van der Waals surface area contributed by atoms with Gasteiger partial charge in [0.15, 0.2) is 0 Å². The Hall–Kier alpha value is -2.34. The highest BCUT2D eigenvalue weighted by atomic mass is 79.9. The number of benzene rings is 2. The van der Waals surface area contributed by atoms with E-state index in [-0.39, 0.29) is 12.1 Å². The van der Waals surface area contributed by atoms with Crippen molar-refractivity contribution in [3.8, 4) is 0 Å². The predicted molar refractivity (Wildman–Crippen MR) is 94.1 cm³/mol. The molecule has 0 amide bonds. The lowest BCUT2D eigenvalue weighted by Crippen LogP contribution is -2.28. The molecule has 3 aromatic rings. The topological polar surface area (TPSA) is 68.8 Å². The fourth-order valence-electron chi connectivity index (χ4n) is 3.09. The van der Waals surface area contributed by atoms with Gasteiger partial charge in [0.25, 0.3) is 0 Å². The molecule has 4 rings (SSSR count). The van der Waals surface area contributed by atoms with Crippen molar-refractivity contribution in [2.45, 2.75) is 18.5 Å². The molecule has 0 spiro atoms. The SMILES string of the molecule is Nc1nc2n(n1)[C@H](c1cccc(Br)c1)C[C@@H](c1ccccc1)N2. The molecule has 116 valence electrons. The zero-order valence-corrected chi connectivity index (χ0v) is 13.9. The van der Waals surface area contributed by atoms with Crippen LogP contribution in [0.15, 0.2) is 59.1 Å². The standard InChI is InChI=1S/C17H16BrN5/c18-13-8-4-7-12(9-13)15-10-14(11-5-2-1-3-6-11)20-17-21-16(19)22-23(15)17/h1-9,14-15H,10H2,(H3,19,20,21,22)/t14-,15-/m0/s1. The number of hydrogen-bond donors (Lipinski definition) is 2. The molecule has 0 bridgehead atoms. The maximum Gasteiger partial charge on any atom is 0.241 e. The van der Waals surface area contributed by atoms with E-state index in [1.54, 1.807) is 0 Å². The van der Waals surface area contributed by atoms with Gasteiger partial charge in [-0.25, -0.2) is 4.68 Å². The van der Waals surface area contributed by atoms with E-state index in [9.17, 15) is 0 Å². The van der Waals surface area contributed by atoms with Crippen LogP contribution in [0, 0.1) is 0 Å². The summed E-state index contributed by atoms with van der Waals surface area (Å²) in [5, 5.41) is 7.82. The average molecular weight is 370 g/mol. The van der Waals surface area contributed by atoms with Gasteiger partial charge < -0.3 is 11.1 Å². The van der Waals surface area contributed by atoms with Crippen molar-refractivity contribution in [3.63, 3.8) is 0 Å². The van der Waals surface area contributed by atoms with E-state index >= 15 is 0 Å². The van der Waals surface area contributed by atoms with E-state index in [1.165, 1.54) is 11.1 Å². The fourth-order valence-corrected chi connectivity index (χ4v) is 3.51. The smallest absolute Gasteiger partial charge is 0.241 e. The van der Waals surface area contributed by atoms with Crippen LogP contribution in [0.1, 0.15) is 29.6 Å². The van der Waals surface area contributed by atoms with E-state index < -0.39 is 0 Å². The minimum atomic E-state index is 0.0961. The third-order valence-electron chi connectivity index (χ3n) is 4.14. The number of nitrogen functional groups attached to an aromatic ring is 1. The number of aromatic nitrogens is 3. The summed E-state index contributed by atoms with van der Waals surface area (Å²) in [6, 6.07) is 19.0. The van der Waals surface area contributed by atoms with Crippen LogP contribution >= 0.6 is 15.9 Å². The van der Waals surface area contributed by atoms with Crippen LogP contribution in [0.4, 0.5) is 11.9 Å². The van der Waals surface area contributed by atoms with Crippen LogP contribution in [-0.4, -0.2) is 14.8 Å². The Balaban J connectivity index is 1.78. The molecule has 0 aliphatic carbocycles. The first-order valence-electron chi connectivity index (χ1n) is 7.49. The summed E-state index contributed by atoms with van der Waals surface area (Å²) in [6.45, 7) is 0. The third kappa shape index (κ3) is 2.70. The van der Waals surface area contributed by atoms with E-state index in [2.05, 4.69) is 67.7 Å². The van der Waals surface area contributed by atoms with Crippen LogP contribution < -0.4 is 11.1 Å². The summed E-state index contributed by atoms with van der Waals surface area (Å²) < 4.78 is 2.94. The maximum absolute atomic E-state index is 5.82. The second-order valence-corrected chi connectivity index (χ2v) is 6.57. The van der Waals surface area contributed by atoms with E-state index in [4.69, 9.17) is 5.73 Å². The maximum atomic E-state index is 5.82. The van der Waals surface area contributed by atoms with Gasteiger partial charge in [0.05, 0.1) is 12.1 Å². The van der Waals surface area contributed by atoms with Gasteiger partial charge in [-0.2, -0.15) is 4.98 Å². The monoisotopic (exact) mass is 369 g/mol. The minimum Gasteiger partial charge on any atom is -0.366 e. The summed E-state index contributed by atoms with van der Waals surface area (Å²) >= 11 is 3.55. The summed E-state index contributed by atoms with van der Waals surface area (Å²) in [5.41, 5.74) is 8.24. The first-order valence-corrected chi connectivity index (χ1v) is 8.29. The van der Waals surface area contributed by atoms with Crippen molar-refractivity contribution in [2.24, 2.45) is 0 Å². The molecular weight excluding hydrogens is 354 g/mol. The van der Waals surface area contributed by atoms with Crippen molar-refractivity contribution in [1.82, 2.24) is 14.8 Å². The number of halogens is 1. The Morgan fingerprint density at radius 1 is 1.09 bits per heavy atom. The zero-order chi connectivity index (χ0) is 15.8. The predicted octanol–water partition coefficient (Wildman–Crippen LogP) is 3.77. The second-order valence-electron chi connectivity index (χ2n) is 5.65. The number of nitrogens with two attached hydrogens (primary N) is 1. The van der Waals surface area contributed by atoms with E-state index in [1.807, 2.05) is 22.9 Å². The highest BCUT2D eigenvalue weighted by molar-refractivity contribution is 9.10. The summed E-state index contributed by atoms with van der Waals surface area (Å²) in [5.74, 6) is 1.01. The summed E-state index contributed by atoms with van der Waals surface area (Å²) in [6.07, 6.45) is 0.885. The molecule has 1 aliphatic heterocycles. The van der Waals surface area contributed by atoms with Crippen molar-refractivity contribution >= 4 is 27.8 Å². The third-order valence-corrected chi connectivity index (χ3v) is 4.63. The molecular formula is C17H16BrN5. The molecule has 0 fully saturated rings. The largest absolute Gasteiger partial charge is 0.366 e. The number of nitrogens with zero attached hydrogens (tertiary/aromatic N) is 3. The molecule has 0 radical (unpaired) electrons. The van der Waals surface area contributed by atoms with Crippen LogP contribution in [-0.2, 0) is 0 Å². The first-order chi connectivity index (χ1) is 11.2. The van der Waals surface area contributed by atoms with Gasteiger partial charge in [0.2, 0.25) is 11.9 Å². The van der Waals surface area contributed by atoms with Gasteiger partial charge in [-0.15, -0.1) is 5.10 Å². The van der Waals surface area contributed by atoms with Gasteiger partial charge in [-0.1, -0.05) is 58.4 Å². The molecule has 2 atom stereocenters. The van der Waals surface area contributed by atoms with E-state index in [0.29, 0.717) is 11.9 Å². The number of rotatable bonds is 2. The molecule has 5 nitrogen and oxygen atoms in total. The lowest BCUT2D eigenvalue weighted by molar-refractivity contribution is 0.431. The summed E-state index contributed by atoms with van der Waals surface area (Å²) in [7, 11) is 0. The van der Waals surface area contributed by atoms with Gasteiger partial charge in [-0.3, -0.25) is 0 Å². The number of hydrogen-bond acceptors (Lipinski definition) is 4. The van der Waals surface area contributed by atoms with Crippen molar-refractivity contribution in [1.29, 1.82) is 0 Å². The lowest BCUT2D eigenvalue weighted by atomic mass is 9.93. The molecule has 2 heterocycles. The van der Waals surface area contributed by atoms with Gasteiger partial charge in [0.1, 0.15) is 0 Å². The first kappa shape index (κ1) is 14.3. The number of anilines is 2. The fraction of sp³-hybridized carbons (Fsp3) is 0.176. The Kier molecular flexibility index (Phi) is 3.53. The van der Waals surface area contributed by atoms with Gasteiger partial charge >= 0.3 is 0 Å². The second kappa shape index (κ2) is 5.70. The molecule has 0 saturated carbocycles. The highest BCUT2D eigenvalue weighted by Gasteiger charge is 2.30. The molecule has 0 saturated heterocycles. The van der Waals surface area contributed by atoms with Crippen LogP contribution in [0.2, 0.25) is 0 Å². The zero-order valence-electron chi connectivity index (χ0n) is 12.4. The van der Waals surface area contributed by atoms with E-state index in [0.717, 1.165) is 10.9 Å². The minimum absolute atomic E-state index is 0.0961. The normalized spacial score (nSPS) is 19.9. The molecule has 0 unspecified atom stereocenters. The summed E-state index contributed by atoms with van der Waals surface area (Å²) in [4.78, 5) is 4.33. The van der Waals surface area contributed by atoms with Crippen LogP contribution in [0.5, 0.6) is 0 Å². The molecule has 23 heavy (non-hydrogen) atoms. The molecule has 1 aliphatic rings. The van der Waals surface area contributed by atoms with Crippen LogP contribution in [0.3, 0.4) is 0 Å². The van der Waals surface area contributed by atoms with Crippen LogP contribution in [0.25, 0.3) is 0 Å². The Morgan fingerprint density at radius 3 is 2.65 bits per heavy atom. The molecule has 1 aromatic heterocycles. The highest BCUT2D eigenvalue weighted by Crippen LogP contribution is 2.38. The number of nitrogens with one attached hydrogen (secondary N) is 1. The molecule has 2 aromatic carbocycles.